The van der Waals surface area contributed by atoms with E-state index in [0.29, 0.717) is 16.9 Å². The highest BCUT2D eigenvalue weighted by Gasteiger charge is 2.24. The predicted octanol–water partition coefficient (Wildman–Crippen LogP) is 1.79. The molecule has 120 valence electrons. The third-order valence-corrected chi connectivity index (χ3v) is 3.85. The van der Waals surface area contributed by atoms with Crippen molar-refractivity contribution in [2.45, 2.75) is 0 Å². The summed E-state index contributed by atoms with van der Waals surface area (Å²) in [6.45, 7) is 0. The summed E-state index contributed by atoms with van der Waals surface area (Å²) in [5, 5.41) is 32.6. The molecule has 0 aliphatic carbocycles. The van der Waals surface area contributed by atoms with E-state index in [1.807, 2.05) is 12.1 Å². The second-order valence-corrected chi connectivity index (χ2v) is 5.09. The van der Waals surface area contributed by atoms with Crippen LogP contribution in [-0.4, -0.2) is 16.7 Å². The van der Waals surface area contributed by atoms with Crippen LogP contribution in [-0.2, 0) is 0 Å². The number of nitrogens with two attached hydrogens (primary N) is 2. The van der Waals surface area contributed by atoms with Gasteiger partial charge >= 0.3 is 0 Å². The van der Waals surface area contributed by atoms with Crippen molar-refractivity contribution < 1.29 is 4.74 Å². The number of rotatable bonds is 2. The van der Waals surface area contributed by atoms with Crippen molar-refractivity contribution in [3.8, 4) is 35.1 Å². The van der Waals surface area contributed by atoms with Crippen LogP contribution in [0.25, 0.3) is 16.6 Å². The van der Waals surface area contributed by atoms with Gasteiger partial charge in [0, 0.05) is 5.56 Å². The number of nitrogen functional groups attached to an aromatic ring is 2. The fourth-order valence-corrected chi connectivity index (χ4v) is 2.70. The molecule has 0 fully saturated rings. The zero-order chi connectivity index (χ0) is 18.1. The molecule has 1 aromatic carbocycles. The maximum Gasteiger partial charge on any atom is 0.164 e. The third-order valence-electron chi connectivity index (χ3n) is 3.85. The molecule has 0 saturated heterocycles. The van der Waals surface area contributed by atoms with Crippen molar-refractivity contribution in [2.24, 2.45) is 0 Å². The Morgan fingerprint density at radius 1 is 0.960 bits per heavy atom. The normalized spacial score (nSPS) is 10.0. The van der Waals surface area contributed by atoms with Gasteiger partial charge in [0.15, 0.2) is 5.82 Å². The molecule has 0 unspecified atom stereocenters. The molecule has 4 N–H and O–H groups in total. The predicted molar refractivity (Wildman–Crippen MR) is 90.1 cm³/mol. The maximum absolute atomic E-state index is 9.70. The highest BCUT2D eigenvalue weighted by molar-refractivity contribution is 5.91. The number of fused-ring (bicyclic) bond motifs is 1. The first-order valence-electron chi connectivity index (χ1n) is 7.05. The van der Waals surface area contributed by atoms with E-state index in [9.17, 15) is 15.8 Å². The number of ether oxygens (including phenoxy) is 1. The number of anilines is 2. The Morgan fingerprint density at radius 2 is 1.56 bits per heavy atom. The Labute approximate surface area is 142 Å². The average Bonchev–Trinajstić information content (AvgIpc) is 2.98. The van der Waals surface area contributed by atoms with E-state index in [0.717, 1.165) is 4.52 Å². The van der Waals surface area contributed by atoms with Crippen LogP contribution in [0.2, 0.25) is 0 Å². The molecule has 0 bridgehead atoms. The Hall–Kier alpha value is -4.22. The van der Waals surface area contributed by atoms with E-state index in [4.69, 9.17) is 16.2 Å². The summed E-state index contributed by atoms with van der Waals surface area (Å²) in [4.78, 5) is 0. The van der Waals surface area contributed by atoms with Gasteiger partial charge in [0.1, 0.15) is 46.4 Å². The first-order valence-corrected chi connectivity index (χ1v) is 7.05. The first kappa shape index (κ1) is 15.7. The van der Waals surface area contributed by atoms with Crippen molar-refractivity contribution in [3.63, 3.8) is 0 Å². The molecule has 0 aliphatic rings. The van der Waals surface area contributed by atoms with Gasteiger partial charge in [0.2, 0.25) is 0 Å². The minimum absolute atomic E-state index is 0.00974. The number of hydrogen-bond donors (Lipinski definition) is 2. The smallest absolute Gasteiger partial charge is 0.164 e. The summed E-state index contributed by atoms with van der Waals surface area (Å²) in [5.74, 6) is 0.582. The van der Waals surface area contributed by atoms with E-state index in [2.05, 4.69) is 11.2 Å². The molecule has 0 aliphatic heterocycles. The van der Waals surface area contributed by atoms with Gasteiger partial charge in [-0.3, -0.25) is 0 Å². The zero-order valence-electron chi connectivity index (χ0n) is 13.1. The highest BCUT2D eigenvalue weighted by atomic mass is 16.5. The van der Waals surface area contributed by atoms with E-state index < -0.39 is 0 Å². The van der Waals surface area contributed by atoms with Crippen LogP contribution >= 0.6 is 0 Å². The molecule has 0 spiro atoms. The van der Waals surface area contributed by atoms with Crippen LogP contribution < -0.4 is 16.2 Å². The number of nitrogens with zero attached hydrogens (tertiary/aromatic N) is 5. The van der Waals surface area contributed by atoms with E-state index >= 15 is 0 Å². The molecule has 0 amide bonds. The van der Waals surface area contributed by atoms with Gasteiger partial charge < -0.3 is 16.2 Å². The van der Waals surface area contributed by atoms with Gasteiger partial charge in [-0.05, 0) is 17.7 Å². The van der Waals surface area contributed by atoms with Crippen molar-refractivity contribution >= 4 is 17.2 Å². The van der Waals surface area contributed by atoms with Gasteiger partial charge in [-0.2, -0.15) is 15.8 Å². The fourth-order valence-electron chi connectivity index (χ4n) is 2.70. The Kier molecular flexibility index (Phi) is 3.61. The molecule has 2 heterocycles. The van der Waals surface area contributed by atoms with Crippen molar-refractivity contribution in [1.29, 1.82) is 15.8 Å². The van der Waals surface area contributed by atoms with Crippen LogP contribution in [0.5, 0.6) is 5.75 Å². The molecule has 0 saturated carbocycles. The number of nitriles is 3. The second kappa shape index (κ2) is 5.77. The molecule has 2 aromatic heterocycles. The monoisotopic (exact) mass is 329 g/mol. The maximum atomic E-state index is 9.70. The second-order valence-electron chi connectivity index (χ2n) is 5.09. The Bertz CT molecular complexity index is 1120. The molecular weight excluding hydrogens is 318 g/mol. The molecule has 25 heavy (non-hydrogen) atoms. The Morgan fingerprint density at radius 3 is 2.08 bits per heavy atom. The van der Waals surface area contributed by atoms with Crippen LogP contribution in [0, 0.1) is 34.0 Å². The van der Waals surface area contributed by atoms with Crippen molar-refractivity contribution in [2.75, 3.05) is 18.6 Å². The van der Waals surface area contributed by atoms with Crippen molar-refractivity contribution in [3.05, 3.63) is 41.0 Å². The lowest BCUT2D eigenvalue weighted by Crippen LogP contribution is -2.06. The number of methoxy groups -OCH3 is 1. The quantitative estimate of drug-likeness (QED) is 0.727. The lowest BCUT2D eigenvalue weighted by molar-refractivity contribution is 0.415. The number of benzene rings is 1. The molecule has 8 heteroatoms. The van der Waals surface area contributed by atoms with Gasteiger partial charge in [-0.1, -0.05) is 12.1 Å². The number of hydrogen-bond acceptors (Lipinski definition) is 7. The molecule has 3 rings (SSSR count). The van der Waals surface area contributed by atoms with E-state index in [-0.39, 0.29) is 33.8 Å². The SMILES string of the molecule is COc1ccc(-c2c(C#N)c(N)n3nc(N)c(C#N)c3c2C#N)cc1. The van der Waals surface area contributed by atoms with Gasteiger partial charge in [-0.15, -0.1) is 5.10 Å². The number of aromatic nitrogens is 2. The molecule has 3 aromatic rings. The summed E-state index contributed by atoms with van der Waals surface area (Å²) in [6, 6.07) is 12.8. The van der Waals surface area contributed by atoms with Crippen LogP contribution in [0.4, 0.5) is 11.6 Å². The standard InChI is InChI=1S/C17H11N7O/c1-25-10-4-2-9(3-5-10)14-11(6-18)15-13(8-20)16(21)23-24(15)17(22)12(14)7-19/h2-5H,22H2,1H3,(H2,21,23). The van der Waals surface area contributed by atoms with Crippen LogP contribution in [0.1, 0.15) is 16.7 Å². The Balaban J connectivity index is 2.51. The zero-order valence-corrected chi connectivity index (χ0v) is 13.1. The summed E-state index contributed by atoms with van der Waals surface area (Å²) in [5.41, 5.74) is 13.2. The molecule has 0 radical (unpaired) electrons. The van der Waals surface area contributed by atoms with Gasteiger partial charge in [-0.25, -0.2) is 4.52 Å². The molecule has 0 atom stereocenters. The van der Waals surface area contributed by atoms with Gasteiger partial charge in [0.05, 0.1) is 12.7 Å². The van der Waals surface area contributed by atoms with Crippen molar-refractivity contribution in [1.82, 2.24) is 9.61 Å². The van der Waals surface area contributed by atoms with Crippen LogP contribution in [0.15, 0.2) is 24.3 Å². The lowest BCUT2D eigenvalue weighted by Gasteiger charge is -2.12. The number of pyridine rings is 1. The summed E-state index contributed by atoms with van der Waals surface area (Å²) in [6.07, 6.45) is 0. The highest BCUT2D eigenvalue weighted by Crippen LogP contribution is 2.36. The summed E-state index contributed by atoms with van der Waals surface area (Å²) in [7, 11) is 1.54. The van der Waals surface area contributed by atoms with E-state index in [1.54, 1.807) is 24.3 Å². The average molecular weight is 329 g/mol. The van der Waals surface area contributed by atoms with E-state index in [1.165, 1.54) is 7.11 Å². The molecular formula is C17H11N7O. The van der Waals surface area contributed by atoms with Crippen LogP contribution in [0.3, 0.4) is 0 Å². The molecule has 8 nitrogen and oxygen atoms in total. The summed E-state index contributed by atoms with van der Waals surface area (Å²) >= 11 is 0. The summed E-state index contributed by atoms with van der Waals surface area (Å²) < 4.78 is 6.29. The minimum Gasteiger partial charge on any atom is -0.497 e. The topological polar surface area (TPSA) is 150 Å². The largest absolute Gasteiger partial charge is 0.497 e. The minimum atomic E-state index is -0.0542. The van der Waals surface area contributed by atoms with Gasteiger partial charge in [0.25, 0.3) is 0 Å². The third kappa shape index (κ3) is 2.16. The fraction of sp³-hybridized carbons (Fsp3) is 0.0588. The first-order chi connectivity index (χ1) is 12.1. The lowest BCUT2D eigenvalue weighted by atomic mass is 9.94.